The van der Waals surface area contributed by atoms with Crippen LogP contribution in [0.4, 0.5) is 0 Å². The molecule has 1 N–H and O–H groups in total. The third-order valence-electron chi connectivity index (χ3n) is 2.73. The van der Waals surface area contributed by atoms with Gasteiger partial charge in [-0.15, -0.1) is 0 Å². The van der Waals surface area contributed by atoms with Crippen molar-refractivity contribution < 1.29 is 5.11 Å². The quantitative estimate of drug-likeness (QED) is 0.855. The molecule has 17 heavy (non-hydrogen) atoms. The maximum atomic E-state index is 10.2. The molecule has 0 aromatic carbocycles. The second-order valence-corrected chi connectivity index (χ2v) is 4.09. The van der Waals surface area contributed by atoms with Crippen LogP contribution in [0.5, 0.6) is 0 Å². The van der Waals surface area contributed by atoms with E-state index >= 15 is 0 Å². The maximum Gasteiger partial charge on any atom is 0.0996 e. The molecule has 1 unspecified atom stereocenters. The third-order valence-corrected chi connectivity index (χ3v) is 2.73. The highest BCUT2D eigenvalue weighted by molar-refractivity contribution is 5.14. The van der Waals surface area contributed by atoms with E-state index in [9.17, 15) is 5.11 Å². The lowest BCUT2D eigenvalue weighted by atomic mass is 10.1. The van der Waals surface area contributed by atoms with Gasteiger partial charge in [0.15, 0.2) is 0 Å². The normalized spacial score (nSPS) is 12.6. The summed E-state index contributed by atoms with van der Waals surface area (Å²) < 4.78 is 2.01. The molecule has 0 aliphatic carbocycles. The summed E-state index contributed by atoms with van der Waals surface area (Å²) in [7, 11) is 0. The van der Waals surface area contributed by atoms with Gasteiger partial charge in [-0.25, -0.2) is 4.98 Å². The minimum atomic E-state index is -0.508. The van der Waals surface area contributed by atoms with Crippen LogP contribution in [-0.4, -0.2) is 19.6 Å². The zero-order valence-electron chi connectivity index (χ0n) is 9.95. The SMILES string of the molecule is CCCn1cncc1C(O)Cc1ccncc1. The van der Waals surface area contributed by atoms with Gasteiger partial charge in [0.2, 0.25) is 0 Å². The Morgan fingerprint density at radius 1 is 1.29 bits per heavy atom. The fourth-order valence-corrected chi connectivity index (χ4v) is 1.88. The van der Waals surface area contributed by atoms with Crippen molar-refractivity contribution in [2.75, 3.05) is 0 Å². The van der Waals surface area contributed by atoms with Crippen LogP contribution in [0.15, 0.2) is 37.1 Å². The monoisotopic (exact) mass is 231 g/mol. The van der Waals surface area contributed by atoms with Crippen molar-refractivity contribution in [2.24, 2.45) is 0 Å². The fourth-order valence-electron chi connectivity index (χ4n) is 1.88. The highest BCUT2D eigenvalue weighted by Crippen LogP contribution is 2.17. The predicted octanol–water partition coefficient (Wildman–Crippen LogP) is 1.96. The van der Waals surface area contributed by atoms with Gasteiger partial charge < -0.3 is 9.67 Å². The molecule has 0 fully saturated rings. The lowest BCUT2D eigenvalue weighted by Crippen LogP contribution is -2.09. The van der Waals surface area contributed by atoms with Gasteiger partial charge in [-0.3, -0.25) is 4.98 Å². The second kappa shape index (κ2) is 5.59. The van der Waals surface area contributed by atoms with E-state index in [1.807, 2.05) is 16.7 Å². The molecule has 0 amide bonds. The van der Waals surface area contributed by atoms with Crippen molar-refractivity contribution in [3.8, 4) is 0 Å². The summed E-state index contributed by atoms with van der Waals surface area (Å²) in [6, 6.07) is 3.84. The van der Waals surface area contributed by atoms with Gasteiger partial charge in [0.25, 0.3) is 0 Å². The van der Waals surface area contributed by atoms with Crippen LogP contribution in [0.1, 0.15) is 30.7 Å². The maximum absolute atomic E-state index is 10.2. The van der Waals surface area contributed by atoms with Crippen molar-refractivity contribution >= 4 is 0 Å². The first-order valence-electron chi connectivity index (χ1n) is 5.88. The van der Waals surface area contributed by atoms with Gasteiger partial charge in [0, 0.05) is 25.4 Å². The van der Waals surface area contributed by atoms with E-state index in [4.69, 9.17) is 0 Å². The summed E-state index contributed by atoms with van der Waals surface area (Å²) in [6.45, 7) is 3.00. The Balaban J connectivity index is 2.09. The highest BCUT2D eigenvalue weighted by atomic mass is 16.3. The Bertz CT molecular complexity index is 453. The zero-order valence-corrected chi connectivity index (χ0v) is 9.95. The van der Waals surface area contributed by atoms with Crippen molar-refractivity contribution in [2.45, 2.75) is 32.4 Å². The predicted molar refractivity (Wildman–Crippen MR) is 65.4 cm³/mol. The van der Waals surface area contributed by atoms with Crippen LogP contribution in [0.2, 0.25) is 0 Å². The summed E-state index contributed by atoms with van der Waals surface area (Å²) in [6.07, 6.45) is 8.11. The first-order chi connectivity index (χ1) is 8.31. The number of imidazole rings is 1. The second-order valence-electron chi connectivity index (χ2n) is 4.09. The Hall–Kier alpha value is -1.68. The molecule has 2 aromatic rings. The molecule has 0 radical (unpaired) electrons. The number of aliphatic hydroxyl groups excluding tert-OH is 1. The van der Waals surface area contributed by atoms with Crippen LogP contribution in [0.3, 0.4) is 0 Å². The molecule has 90 valence electrons. The molecule has 0 bridgehead atoms. The summed E-state index contributed by atoms with van der Waals surface area (Å²) in [5.41, 5.74) is 1.96. The lowest BCUT2D eigenvalue weighted by molar-refractivity contribution is 0.168. The van der Waals surface area contributed by atoms with E-state index in [1.54, 1.807) is 24.9 Å². The van der Waals surface area contributed by atoms with Gasteiger partial charge in [0.05, 0.1) is 24.3 Å². The first-order valence-corrected chi connectivity index (χ1v) is 5.88. The smallest absolute Gasteiger partial charge is 0.0996 e. The van der Waals surface area contributed by atoms with Crippen molar-refractivity contribution in [3.63, 3.8) is 0 Å². The fraction of sp³-hybridized carbons (Fsp3) is 0.385. The van der Waals surface area contributed by atoms with Gasteiger partial charge in [-0.05, 0) is 24.1 Å². The van der Waals surface area contributed by atoms with Crippen molar-refractivity contribution in [1.29, 1.82) is 0 Å². The third kappa shape index (κ3) is 2.91. The summed E-state index contributed by atoms with van der Waals surface area (Å²) in [5.74, 6) is 0. The first kappa shape index (κ1) is 11.8. The van der Waals surface area contributed by atoms with Gasteiger partial charge in [-0.2, -0.15) is 0 Å². The van der Waals surface area contributed by atoms with Crippen LogP contribution in [0, 0.1) is 0 Å². The highest BCUT2D eigenvalue weighted by Gasteiger charge is 2.13. The van der Waals surface area contributed by atoms with E-state index in [0.717, 1.165) is 24.2 Å². The van der Waals surface area contributed by atoms with Crippen LogP contribution in [-0.2, 0) is 13.0 Å². The van der Waals surface area contributed by atoms with E-state index in [0.29, 0.717) is 6.42 Å². The van der Waals surface area contributed by atoms with Crippen LogP contribution >= 0.6 is 0 Å². The number of hydrogen-bond acceptors (Lipinski definition) is 3. The molecule has 0 saturated heterocycles. The molecular weight excluding hydrogens is 214 g/mol. The van der Waals surface area contributed by atoms with Gasteiger partial charge in [-0.1, -0.05) is 6.92 Å². The summed E-state index contributed by atoms with van der Waals surface area (Å²) in [4.78, 5) is 8.06. The van der Waals surface area contributed by atoms with E-state index < -0.39 is 6.10 Å². The summed E-state index contributed by atoms with van der Waals surface area (Å²) >= 11 is 0. The van der Waals surface area contributed by atoms with E-state index in [-0.39, 0.29) is 0 Å². The van der Waals surface area contributed by atoms with Crippen molar-refractivity contribution in [3.05, 3.63) is 48.3 Å². The lowest BCUT2D eigenvalue weighted by Gasteiger charge is -2.13. The number of nitrogens with zero attached hydrogens (tertiary/aromatic N) is 3. The zero-order chi connectivity index (χ0) is 12.1. The number of aromatic nitrogens is 3. The summed E-state index contributed by atoms with van der Waals surface area (Å²) in [5, 5.41) is 10.2. The molecule has 2 rings (SSSR count). The molecule has 2 heterocycles. The Morgan fingerprint density at radius 2 is 2.06 bits per heavy atom. The molecule has 4 heteroatoms. The van der Waals surface area contributed by atoms with Gasteiger partial charge in [0.1, 0.15) is 0 Å². The van der Waals surface area contributed by atoms with E-state index in [2.05, 4.69) is 16.9 Å². The minimum Gasteiger partial charge on any atom is -0.386 e. The van der Waals surface area contributed by atoms with Crippen molar-refractivity contribution in [1.82, 2.24) is 14.5 Å². The number of hydrogen-bond donors (Lipinski definition) is 1. The molecule has 0 saturated carbocycles. The molecule has 1 atom stereocenters. The topological polar surface area (TPSA) is 50.9 Å². The number of rotatable bonds is 5. The Kier molecular flexibility index (Phi) is 3.88. The molecule has 0 spiro atoms. The Morgan fingerprint density at radius 3 is 2.76 bits per heavy atom. The Labute approximate surface area is 101 Å². The molecule has 0 aliphatic rings. The van der Waals surface area contributed by atoms with Crippen LogP contribution in [0.25, 0.3) is 0 Å². The molecule has 0 aliphatic heterocycles. The molecular formula is C13H17N3O. The van der Waals surface area contributed by atoms with Gasteiger partial charge >= 0.3 is 0 Å². The number of aryl methyl sites for hydroxylation is 1. The number of aliphatic hydroxyl groups is 1. The van der Waals surface area contributed by atoms with Crippen LogP contribution < -0.4 is 0 Å². The molecule has 2 aromatic heterocycles. The average Bonchev–Trinajstić information content (AvgIpc) is 2.79. The standard InChI is InChI=1S/C13H17N3O/c1-2-7-16-10-15-9-12(16)13(17)8-11-3-5-14-6-4-11/h3-6,9-10,13,17H,2,7-8H2,1H3. The largest absolute Gasteiger partial charge is 0.386 e. The minimum absolute atomic E-state index is 0.508. The number of pyridine rings is 1. The average molecular weight is 231 g/mol. The van der Waals surface area contributed by atoms with E-state index in [1.165, 1.54) is 0 Å². The molecule has 4 nitrogen and oxygen atoms in total.